The molecule has 0 aliphatic carbocycles. The molecule has 0 aliphatic rings. The van der Waals surface area contributed by atoms with Crippen LogP contribution in [0.3, 0.4) is 0 Å². The van der Waals surface area contributed by atoms with Gasteiger partial charge in [0.15, 0.2) is 5.96 Å². The minimum absolute atomic E-state index is 0. The monoisotopic (exact) mass is 103 g/mol. The Balaban J connectivity index is -0.00000000750. The van der Waals surface area contributed by atoms with Gasteiger partial charge in [-0.15, -0.1) is 0 Å². The van der Waals surface area contributed by atoms with E-state index < -0.39 is 0 Å². The van der Waals surface area contributed by atoms with Crippen LogP contribution in [0, 0.1) is 5.41 Å². The maximum absolute atomic E-state index is 6.06. The van der Waals surface area contributed by atoms with Crippen LogP contribution in [0.4, 0.5) is 0 Å². The summed E-state index contributed by atoms with van der Waals surface area (Å²) in [4.78, 5) is 0. The van der Waals surface area contributed by atoms with Crippen molar-refractivity contribution in [1.82, 2.24) is 0 Å². The summed E-state index contributed by atoms with van der Waals surface area (Å²) in [5.74, 6) is -0.333. The molecule has 0 aromatic rings. The molecule has 0 aromatic heterocycles. The molecule has 0 saturated heterocycles. The molecule has 4 nitrogen and oxygen atoms in total. The Morgan fingerprint density at radius 2 is 1.50 bits per heavy atom. The SMILES string of the molecule is N=C(N)N.O.[H-].[H-].[Mg+2]. The first kappa shape index (κ1) is 16.7. The Hall–Kier alpha value is -0.00377. The van der Waals surface area contributed by atoms with Crippen molar-refractivity contribution in [3.63, 3.8) is 0 Å². The van der Waals surface area contributed by atoms with Crippen LogP contribution in [0.15, 0.2) is 0 Å². The van der Waals surface area contributed by atoms with Gasteiger partial charge in [-0.2, -0.15) is 0 Å². The van der Waals surface area contributed by atoms with E-state index in [1.54, 1.807) is 0 Å². The second-order valence-electron chi connectivity index (χ2n) is 0.455. The van der Waals surface area contributed by atoms with Crippen molar-refractivity contribution >= 4 is 29.0 Å². The predicted molar refractivity (Wildman–Crippen MR) is 27.7 cm³/mol. The van der Waals surface area contributed by atoms with E-state index in [-0.39, 0.29) is 37.3 Å². The van der Waals surface area contributed by atoms with Gasteiger partial charge in [0, 0.05) is 0 Å². The molecular weight excluding hydrogens is 94.3 g/mol. The maximum Gasteiger partial charge on any atom is 2.00 e. The molecule has 7 N–H and O–H groups in total. The molecule has 0 aliphatic heterocycles. The zero-order valence-corrected chi connectivity index (χ0v) is 4.78. The molecule has 0 amide bonds. The van der Waals surface area contributed by atoms with Gasteiger partial charge >= 0.3 is 23.1 Å². The molecule has 6 heavy (non-hydrogen) atoms. The third kappa shape index (κ3) is 2530000. The summed E-state index contributed by atoms with van der Waals surface area (Å²) >= 11 is 0. The summed E-state index contributed by atoms with van der Waals surface area (Å²) in [6.45, 7) is 0. The van der Waals surface area contributed by atoms with Gasteiger partial charge in [-0.1, -0.05) is 0 Å². The molecule has 0 aromatic carbocycles. The van der Waals surface area contributed by atoms with Crippen LogP contribution in [0.25, 0.3) is 0 Å². The van der Waals surface area contributed by atoms with Crippen molar-refractivity contribution in [1.29, 1.82) is 5.41 Å². The largest absolute Gasteiger partial charge is 2.00 e. The Morgan fingerprint density at radius 1 is 1.50 bits per heavy atom. The van der Waals surface area contributed by atoms with Crippen molar-refractivity contribution in [2.45, 2.75) is 0 Å². The summed E-state index contributed by atoms with van der Waals surface area (Å²) in [6, 6.07) is 0. The first-order chi connectivity index (χ1) is 1.73. The Labute approximate surface area is 54.8 Å². The van der Waals surface area contributed by atoms with Crippen LogP contribution in [-0.4, -0.2) is 34.5 Å². The van der Waals surface area contributed by atoms with Crippen LogP contribution >= 0.6 is 0 Å². The smallest absolute Gasteiger partial charge is 1.00 e. The van der Waals surface area contributed by atoms with Gasteiger partial charge in [0.05, 0.1) is 0 Å². The third-order valence-corrected chi connectivity index (χ3v) is 0. The van der Waals surface area contributed by atoms with Crippen molar-refractivity contribution in [2.24, 2.45) is 11.5 Å². The second-order valence-corrected chi connectivity index (χ2v) is 0.455. The van der Waals surface area contributed by atoms with Gasteiger partial charge < -0.3 is 19.8 Å². The summed E-state index contributed by atoms with van der Waals surface area (Å²) < 4.78 is 0. The molecule has 0 unspecified atom stereocenters. The number of hydrogen-bond donors (Lipinski definition) is 3. The van der Waals surface area contributed by atoms with Crippen LogP contribution in [0.1, 0.15) is 2.85 Å². The topological polar surface area (TPSA) is 107 Å². The number of nitrogens with two attached hydrogens (primary N) is 2. The van der Waals surface area contributed by atoms with Crippen molar-refractivity contribution in [3.05, 3.63) is 0 Å². The molecule has 36 valence electrons. The van der Waals surface area contributed by atoms with Crippen LogP contribution < -0.4 is 11.5 Å². The number of guanidine groups is 1. The minimum Gasteiger partial charge on any atom is -1.00 e. The number of rotatable bonds is 0. The van der Waals surface area contributed by atoms with E-state index in [0.717, 1.165) is 0 Å². The fourth-order valence-corrected chi connectivity index (χ4v) is 0. The molecule has 0 bridgehead atoms. The van der Waals surface area contributed by atoms with Crippen molar-refractivity contribution < 1.29 is 8.33 Å². The van der Waals surface area contributed by atoms with Gasteiger partial charge in [0.1, 0.15) is 0 Å². The van der Waals surface area contributed by atoms with Gasteiger partial charge in [-0.3, -0.25) is 5.41 Å². The predicted octanol–water partition coefficient (Wildman–Crippen LogP) is -2.14. The van der Waals surface area contributed by atoms with Gasteiger partial charge in [0.2, 0.25) is 0 Å². The van der Waals surface area contributed by atoms with E-state index in [0.29, 0.717) is 0 Å². The van der Waals surface area contributed by atoms with Gasteiger partial charge in [0.25, 0.3) is 0 Å². The molecule has 0 radical (unpaired) electrons. The Morgan fingerprint density at radius 3 is 1.50 bits per heavy atom. The summed E-state index contributed by atoms with van der Waals surface area (Å²) in [7, 11) is 0. The quantitative estimate of drug-likeness (QED) is 0.185. The summed E-state index contributed by atoms with van der Waals surface area (Å²) in [6.07, 6.45) is 0. The molecule has 0 atom stereocenters. The van der Waals surface area contributed by atoms with Gasteiger partial charge in [-0.25, -0.2) is 0 Å². The zero-order valence-electron chi connectivity index (χ0n) is 5.36. The average Bonchev–Trinajstić information content (AvgIpc) is 0.811. The first-order valence-corrected chi connectivity index (χ1v) is 0.827. The molecular formula is CH9MgN3O. The normalized spacial score (nSPS) is 4.00. The fraction of sp³-hybridized carbons (Fsp3) is 0. The van der Waals surface area contributed by atoms with E-state index in [2.05, 4.69) is 11.5 Å². The maximum atomic E-state index is 6.06. The number of nitrogens with one attached hydrogen (secondary N) is 1. The van der Waals surface area contributed by atoms with E-state index in [4.69, 9.17) is 5.41 Å². The van der Waals surface area contributed by atoms with Crippen LogP contribution in [0.2, 0.25) is 0 Å². The number of hydrogen-bond acceptors (Lipinski definition) is 1. The summed E-state index contributed by atoms with van der Waals surface area (Å²) in [5, 5.41) is 6.06. The fourth-order valence-electron chi connectivity index (χ4n) is 0. The third-order valence-electron chi connectivity index (χ3n) is 0. The average molecular weight is 103 g/mol. The molecule has 0 heterocycles. The Kier molecular flexibility index (Phi) is 24.7. The van der Waals surface area contributed by atoms with Gasteiger partial charge in [-0.05, 0) is 0 Å². The molecule has 0 saturated carbocycles. The van der Waals surface area contributed by atoms with E-state index in [9.17, 15) is 0 Å². The van der Waals surface area contributed by atoms with Crippen LogP contribution in [0.5, 0.6) is 0 Å². The molecule has 0 fully saturated rings. The molecule has 0 spiro atoms. The summed E-state index contributed by atoms with van der Waals surface area (Å²) in [5.41, 5.74) is 8.94. The van der Waals surface area contributed by atoms with Crippen LogP contribution in [-0.2, 0) is 0 Å². The van der Waals surface area contributed by atoms with Crippen molar-refractivity contribution in [2.75, 3.05) is 0 Å². The minimum atomic E-state index is -0.333. The standard InChI is InChI=1S/CH5N3.Mg.H2O.2H/c2-1(3)4;;;;/h(H5,2,3,4);;1H2;;/q;+2;;2*-1. The zero-order chi connectivity index (χ0) is 3.58. The van der Waals surface area contributed by atoms with E-state index in [1.807, 2.05) is 0 Å². The van der Waals surface area contributed by atoms with Crippen molar-refractivity contribution in [3.8, 4) is 0 Å². The van der Waals surface area contributed by atoms with E-state index >= 15 is 0 Å². The second kappa shape index (κ2) is 8.89. The molecule has 0 rings (SSSR count). The van der Waals surface area contributed by atoms with E-state index in [1.165, 1.54) is 0 Å². The Bertz CT molecular complexity index is 40.3. The molecule has 5 heteroatoms. The first-order valence-electron chi connectivity index (χ1n) is 0.827.